The summed E-state index contributed by atoms with van der Waals surface area (Å²) in [6, 6.07) is 4.44. The Kier molecular flexibility index (Phi) is 9.75. The number of rotatable bonds is 8. The third kappa shape index (κ3) is 6.01. The van der Waals surface area contributed by atoms with E-state index in [4.69, 9.17) is 0 Å². The van der Waals surface area contributed by atoms with Gasteiger partial charge in [-0.1, -0.05) is 65.7 Å². The van der Waals surface area contributed by atoms with Gasteiger partial charge in [-0.15, -0.1) is 0 Å². The smallest absolute Gasteiger partial charge is 0.269 e. The van der Waals surface area contributed by atoms with Crippen molar-refractivity contribution in [2.24, 2.45) is 11.3 Å². The molecule has 0 radical (unpaired) electrons. The van der Waals surface area contributed by atoms with E-state index in [0.717, 1.165) is 36.0 Å². The average molecular weight is 528 g/mol. The SMILES string of the molecule is C/C=c1/cccc2c1=C(SN1CC(CCC)(CCC(C)C)C1)C(=O)N(C1CCC(=O)NC1=O)C2=O.CC. The molecule has 7 nitrogen and oxygen atoms in total. The summed E-state index contributed by atoms with van der Waals surface area (Å²) in [5.74, 6) is -1.24. The van der Waals surface area contributed by atoms with Crippen LogP contribution in [-0.2, 0) is 14.4 Å². The third-order valence-corrected chi connectivity index (χ3v) is 8.37. The predicted octanol–water partition coefficient (Wildman–Crippen LogP) is 3.60. The minimum absolute atomic E-state index is 0.104. The van der Waals surface area contributed by atoms with Gasteiger partial charge in [-0.05, 0) is 60.8 Å². The molecule has 0 spiro atoms. The number of piperidine rings is 1. The molecule has 2 saturated heterocycles. The van der Waals surface area contributed by atoms with E-state index in [9.17, 15) is 19.2 Å². The third-order valence-electron chi connectivity index (χ3n) is 7.30. The monoisotopic (exact) mass is 527 g/mol. The molecule has 1 N–H and O–H groups in total. The number of hydrogen-bond donors (Lipinski definition) is 1. The molecular weight excluding hydrogens is 486 g/mol. The van der Waals surface area contributed by atoms with E-state index in [1.165, 1.54) is 24.8 Å². The Balaban J connectivity index is 0.00000186. The summed E-state index contributed by atoms with van der Waals surface area (Å²) >= 11 is 1.41. The molecule has 1 aromatic rings. The summed E-state index contributed by atoms with van der Waals surface area (Å²) in [5, 5.41) is 3.76. The van der Waals surface area contributed by atoms with Crippen molar-refractivity contribution in [3.05, 3.63) is 34.2 Å². The van der Waals surface area contributed by atoms with Gasteiger partial charge in [0.15, 0.2) is 0 Å². The van der Waals surface area contributed by atoms with Crippen molar-refractivity contribution >= 4 is 46.6 Å². The van der Waals surface area contributed by atoms with Gasteiger partial charge in [0.05, 0.1) is 4.91 Å². The topological polar surface area (TPSA) is 86.8 Å². The molecule has 8 heteroatoms. The van der Waals surface area contributed by atoms with E-state index in [1.54, 1.807) is 12.1 Å². The van der Waals surface area contributed by atoms with E-state index in [1.807, 2.05) is 32.9 Å². The summed E-state index contributed by atoms with van der Waals surface area (Å²) in [6.07, 6.45) is 6.80. The van der Waals surface area contributed by atoms with Crippen LogP contribution in [0.25, 0.3) is 11.0 Å². The Morgan fingerprint density at radius 2 is 1.81 bits per heavy atom. The fourth-order valence-electron chi connectivity index (χ4n) is 5.44. The number of nitrogens with zero attached hydrogens (tertiary/aromatic N) is 2. The average Bonchev–Trinajstić information content (AvgIpc) is 2.85. The highest BCUT2D eigenvalue weighted by Gasteiger charge is 2.46. The number of amides is 4. The van der Waals surface area contributed by atoms with Gasteiger partial charge in [0, 0.05) is 30.3 Å². The van der Waals surface area contributed by atoms with E-state index < -0.39 is 23.8 Å². The van der Waals surface area contributed by atoms with Crippen molar-refractivity contribution in [3.63, 3.8) is 0 Å². The highest BCUT2D eigenvalue weighted by atomic mass is 32.2. The maximum Gasteiger partial charge on any atom is 0.269 e. The van der Waals surface area contributed by atoms with Crippen molar-refractivity contribution in [3.8, 4) is 0 Å². The van der Waals surface area contributed by atoms with Crippen LogP contribution < -0.4 is 15.8 Å². The summed E-state index contributed by atoms with van der Waals surface area (Å²) in [7, 11) is 0. The first kappa shape index (κ1) is 29.1. The van der Waals surface area contributed by atoms with Crippen molar-refractivity contribution < 1.29 is 19.2 Å². The number of carbonyl (C=O) groups excluding carboxylic acids is 4. The van der Waals surface area contributed by atoms with Crippen LogP contribution in [0.4, 0.5) is 0 Å². The van der Waals surface area contributed by atoms with Gasteiger partial charge in [0.25, 0.3) is 11.8 Å². The van der Waals surface area contributed by atoms with Crippen LogP contribution in [0.5, 0.6) is 0 Å². The van der Waals surface area contributed by atoms with Gasteiger partial charge in [0.2, 0.25) is 11.8 Å². The van der Waals surface area contributed by atoms with Crippen LogP contribution in [-0.4, -0.2) is 52.0 Å². The molecule has 3 heterocycles. The maximum atomic E-state index is 13.8. The lowest BCUT2D eigenvalue weighted by atomic mass is 9.73. The van der Waals surface area contributed by atoms with Crippen molar-refractivity contribution in [2.45, 2.75) is 86.1 Å². The summed E-state index contributed by atoms with van der Waals surface area (Å²) in [4.78, 5) is 53.1. The molecular formula is C29H41N3O4S. The maximum absolute atomic E-state index is 13.8. The number of imide groups is 2. The van der Waals surface area contributed by atoms with Gasteiger partial charge in [-0.2, -0.15) is 0 Å². The summed E-state index contributed by atoms with van der Waals surface area (Å²) < 4.78 is 2.22. The van der Waals surface area contributed by atoms with Crippen LogP contribution in [0.2, 0.25) is 0 Å². The summed E-state index contributed by atoms with van der Waals surface area (Å²) in [5.41, 5.74) is 0.690. The zero-order chi connectivity index (χ0) is 27.3. The zero-order valence-corrected chi connectivity index (χ0v) is 23.9. The molecule has 3 aliphatic heterocycles. The standard InChI is InChI=1S/C27H35N3O4S.C2H6/c1-5-13-27(14-12-17(3)4)15-29(16-27)35-23-22-18(6-2)8-7-9-19(22)25(33)30(26(23)34)20-10-11-21(31)28-24(20)32;1-2/h6-9,17,20H,5,10-16H2,1-4H3,(H,28,31,32);1-2H3/b18-6-;. The second-order valence-electron chi connectivity index (χ2n) is 10.4. The van der Waals surface area contributed by atoms with Crippen molar-refractivity contribution in [2.75, 3.05) is 13.1 Å². The Hall–Kier alpha value is -2.45. The van der Waals surface area contributed by atoms with Crippen LogP contribution in [0, 0.1) is 11.3 Å². The lowest BCUT2D eigenvalue weighted by Gasteiger charge is -2.50. The molecule has 1 unspecified atom stereocenters. The van der Waals surface area contributed by atoms with Crippen LogP contribution in [0.3, 0.4) is 0 Å². The van der Waals surface area contributed by atoms with E-state index >= 15 is 0 Å². The van der Waals surface area contributed by atoms with E-state index in [-0.39, 0.29) is 24.2 Å². The Labute approximate surface area is 224 Å². The quantitative estimate of drug-likeness (QED) is 0.411. The minimum Gasteiger partial charge on any atom is -0.295 e. The van der Waals surface area contributed by atoms with Gasteiger partial charge >= 0.3 is 0 Å². The Morgan fingerprint density at radius 1 is 1.11 bits per heavy atom. The second kappa shape index (κ2) is 12.4. The molecule has 1 aromatic carbocycles. The lowest BCUT2D eigenvalue weighted by molar-refractivity contribution is -0.141. The Bertz CT molecular complexity index is 1170. The van der Waals surface area contributed by atoms with Gasteiger partial charge in [0.1, 0.15) is 6.04 Å². The number of nitrogens with one attached hydrogen (secondary N) is 1. The van der Waals surface area contributed by atoms with Crippen LogP contribution in [0.15, 0.2) is 18.2 Å². The molecule has 0 aromatic heterocycles. The molecule has 2 fully saturated rings. The Morgan fingerprint density at radius 3 is 2.41 bits per heavy atom. The highest BCUT2D eigenvalue weighted by molar-refractivity contribution is 8.07. The van der Waals surface area contributed by atoms with E-state index in [2.05, 4.69) is 30.4 Å². The molecule has 0 aliphatic carbocycles. The largest absolute Gasteiger partial charge is 0.295 e. The summed E-state index contributed by atoms with van der Waals surface area (Å²) in [6.45, 7) is 14.4. The molecule has 202 valence electrons. The molecule has 1 atom stereocenters. The van der Waals surface area contributed by atoms with Gasteiger partial charge < -0.3 is 0 Å². The number of carbonyl (C=O) groups is 4. The number of hydrogen-bond acceptors (Lipinski definition) is 6. The fourth-order valence-corrected chi connectivity index (χ4v) is 6.87. The fraction of sp³-hybridized carbons (Fsp3) is 0.586. The zero-order valence-electron chi connectivity index (χ0n) is 23.1. The van der Waals surface area contributed by atoms with Gasteiger partial charge in [-0.3, -0.25) is 29.4 Å². The molecule has 37 heavy (non-hydrogen) atoms. The van der Waals surface area contributed by atoms with E-state index in [0.29, 0.717) is 21.6 Å². The van der Waals surface area contributed by atoms with Gasteiger partial charge in [-0.25, -0.2) is 4.31 Å². The number of fused-ring (bicyclic) bond motifs is 1. The normalized spacial score (nSPS) is 21.9. The molecule has 4 amide bonds. The number of benzene rings is 1. The van der Waals surface area contributed by atoms with Crippen molar-refractivity contribution in [1.82, 2.24) is 14.5 Å². The first-order valence-corrected chi connectivity index (χ1v) is 14.4. The molecule has 4 rings (SSSR count). The van der Waals surface area contributed by atoms with Crippen LogP contribution >= 0.6 is 11.9 Å². The molecule has 0 bridgehead atoms. The second-order valence-corrected chi connectivity index (χ2v) is 11.5. The molecule has 3 aliphatic rings. The predicted molar refractivity (Wildman–Crippen MR) is 149 cm³/mol. The highest BCUT2D eigenvalue weighted by Crippen LogP contribution is 2.45. The lowest BCUT2D eigenvalue weighted by Crippen LogP contribution is -2.60. The van der Waals surface area contributed by atoms with Crippen molar-refractivity contribution in [1.29, 1.82) is 0 Å². The first-order valence-electron chi connectivity index (χ1n) is 13.6. The van der Waals surface area contributed by atoms with Crippen LogP contribution in [0.1, 0.15) is 90.4 Å². The minimum atomic E-state index is -0.979. The first-order chi connectivity index (χ1) is 17.7. The molecule has 0 saturated carbocycles.